The number of phenols is 1. The second-order valence-electron chi connectivity index (χ2n) is 3.53. The largest absolute Gasteiger partial charge is 0.507 e. The molecule has 1 unspecified atom stereocenters. The number of methoxy groups -OCH3 is 1. The summed E-state index contributed by atoms with van der Waals surface area (Å²) in [4.78, 5) is 0. The first kappa shape index (κ1) is 11.8. The molecule has 0 aromatic heterocycles. The summed E-state index contributed by atoms with van der Waals surface area (Å²) in [5.41, 5.74) is 7.24. The maximum atomic E-state index is 9.90. The Morgan fingerprint density at radius 2 is 2.07 bits per heavy atom. The summed E-state index contributed by atoms with van der Waals surface area (Å²) in [7, 11) is 1.54. The van der Waals surface area contributed by atoms with Gasteiger partial charge >= 0.3 is 0 Å². The van der Waals surface area contributed by atoms with Crippen LogP contribution in [0.25, 0.3) is 0 Å². The van der Waals surface area contributed by atoms with Crippen LogP contribution in [0.15, 0.2) is 6.07 Å². The van der Waals surface area contributed by atoms with Crippen molar-refractivity contribution in [3.05, 3.63) is 22.8 Å². The fourth-order valence-corrected chi connectivity index (χ4v) is 1.64. The van der Waals surface area contributed by atoms with Gasteiger partial charge in [-0.2, -0.15) is 0 Å². The average Bonchev–Trinajstić information content (AvgIpc) is 2.23. The van der Waals surface area contributed by atoms with E-state index in [1.54, 1.807) is 27.0 Å². The number of aliphatic hydroxyl groups is 1. The highest BCUT2D eigenvalue weighted by molar-refractivity contribution is 5.53. The van der Waals surface area contributed by atoms with Crippen LogP contribution >= 0.6 is 0 Å². The molecule has 0 aliphatic carbocycles. The van der Waals surface area contributed by atoms with Gasteiger partial charge in [0.15, 0.2) is 0 Å². The molecule has 4 N–H and O–H groups in total. The highest BCUT2D eigenvalue weighted by Gasteiger charge is 2.18. The molecule has 15 heavy (non-hydrogen) atoms. The molecular formula is C11H17NO3. The number of benzene rings is 1. The van der Waals surface area contributed by atoms with E-state index in [1.807, 2.05) is 0 Å². The zero-order valence-electron chi connectivity index (χ0n) is 9.24. The maximum Gasteiger partial charge on any atom is 0.128 e. The van der Waals surface area contributed by atoms with Crippen LogP contribution < -0.4 is 10.5 Å². The molecule has 0 aliphatic rings. The van der Waals surface area contributed by atoms with E-state index in [4.69, 9.17) is 10.5 Å². The number of nitrogens with two attached hydrogens (primary N) is 1. The number of aryl methyl sites for hydroxylation is 1. The number of phenolic OH excluding ortho intramolecular Hbond substituents is 1. The molecule has 0 saturated heterocycles. The van der Waals surface area contributed by atoms with Crippen molar-refractivity contribution in [1.29, 1.82) is 0 Å². The van der Waals surface area contributed by atoms with Crippen molar-refractivity contribution in [1.82, 2.24) is 0 Å². The Morgan fingerprint density at radius 1 is 1.47 bits per heavy atom. The standard InChI is InChI=1S/C11H17NO3/c1-6-4-9(15-3)7(2)11(14)10(6)8(13)5-12/h4,8,13-14H,5,12H2,1-3H3. The molecule has 0 fully saturated rings. The van der Waals surface area contributed by atoms with E-state index >= 15 is 0 Å². The molecular weight excluding hydrogens is 194 g/mol. The smallest absolute Gasteiger partial charge is 0.128 e. The minimum atomic E-state index is -0.838. The van der Waals surface area contributed by atoms with Crippen LogP contribution in [-0.4, -0.2) is 23.9 Å². The number of aliphatic hydroxyl groups excluding tert-OH is 1. The van der Waals surface area contributed by atoms with Gasteiger partial charge in [0.2, 0.25) is 0 Å². The summed E-state index contributed by atoms with van der Waals surface area (Å²) in [6.45, 7) is 3.62. The minimum absolute atomic E-state index is 0.0600. The van der Waals surface area contributed by atoms with E-state index in [9.17, 15) is 10.2 Å². The van der Waals surface area contributed by atoms with Crippen molar-refractivity contribution in [2.24, 2.45) is 5.73 Å². The lowest BCUT2D eigenvalue weighted by Crippen LogP contribution is -2.13. The van der Waals surface area contributed by atoms with Gasteiger partial charge < -0.3 is 20.7 Å². The molecule has 0 saturated carbocycles. The van der Waals surface area contributed by atoms with Gasteiger partial charge in [0.1, 0.15) is 11.5 Å². The molecule has 1 aromatic carbocycles. The summed E-state index contributed by atoms with van der Waals surface area (Å²) in [6.07, 6.45) is -0.838. The van der Waals surface area contributed by atoms with Gasteiger partial charge in [0, 0.05) is 17.7 Å². The zero-order chi connectivity index (χ0) is 11.6. The Bertz CT molecular complexity index is 363. The summed E-state index contributed by atoms with van der Waals surface area (Å²) < 4.78 is 5.10. The molecule has 1 rings (SSSR count). The third kappa shape index (κ3) is 2.06. The van der Waals surface area contributed by atoms with Crippen molar-refractivity contribution in [3.63, 3.8) is 0 Å². The second-order valence-corrected chi connectivity index (χ2v) is 3.53. The zero-order valence-corrected chi connectivity index (χ0v) is 9.24. The molecule has 0 amide bonds. The Kier molecular flexibility index (Phi) is 3.55. The predicted octanol–water partition coefficient (Wildman–Crippen LogP) is 1.01. The third-order valence-corrected chi connectivity index (χ3v) is 2.53. The first-order chi connectivity index (χ1) is 7.02. The summed E-state index contributed by atoms with van der Waals surface area (Å²) in [5.74, 6) is 0.669. The molecule has 0 heterocycles. The third-order valence-electron chi connectivity index (χ3n) is 2.53. The Labute approximate surface area is 89.3 Å². The van der Waals surface area contributed by atoms with Crippen molar-refractivity contribution in [2.75, 3.05) is 13.7 Å². The van der Waals surface area contributed by atoms with E-state index in [1.165, 1.54) is 0 Å². The van der Waals surface area contributed by atoms with Crippen molar-refractivity contribution in [2.45, 2.75) is 20.0 Å². The number of ether oxygens (including phenoxy) is 1. The number of rotatable bonds is 3. The normalized spacial score (nSPS) is 12.6. The van der Waals surface area contributed by atoms with Gasteiger partial charge in [-0.05, 0) is 25.5 Å². The van der Waals surface area contributed by atoms with Gasteiger partial charge in [-0.1, -0.05) is 0 Å². The molecule has 0 spiro atoms. The maximum absolute atomic E-state index is 9.90. The Morgan fingerprint density at radius 3 is 2.53 bits per heavy atom. The van der Waals surface area contributed by atoms with Crippen LogP contribution in [0.4, 0.5) is 0 Å². The summed E-state index contributed by atoms with van der Waals surface area (Å²) >= 11 is 0. The van der Waals surface area contributed by atoms with Gasteiger partial charge in [-0.3, -0.25) is 0 Å². The van der Waals surface area contributed by atoms with Crippen molar-refractivity contribution < 1.29 is 14.9 Å². The van der Waals surface area contributed by atoms with Gasteiger partial charge in [0.05, 0.1) is 13.2 Å². The first-order valence-electron chi connectivity index (χ1n) is 4.78. The molecule has 84 valence electrons. The second kappa shape index (κ2) is 4.51. The van der Waals surface area contributed by atoms with E-state index in [-0.39, 0.29) is 12.3 Å². The van der Waals surface area contributed by atoms with Gasteiger partial charge in [-0.25, -0.2) is 0 Å². The fourth-order valence-electron chi connectivity index (χ4n) is 1.64. The van der Waals surface area contributed by atoms with E-state index < -0.39 is 6.10 Å². The van der Waals surface area contributed by atoms with Crippen LogP contribution in [0.3, 0.4) is 0 Å². The number of hydrogen-bond donors (Lipinski definition) is 3. The molecule has 4 heteroatoms. The monoisotopic (exact) mass is 211 g/mol. The van der Waals surface area contributed by atoms with Crippen LogP contribution in [0.5, 0.6) is 11.5 Å². The quantitative estimate of drug-likeness (QED) is 0.697. The molecule has 0 radical (unpaired) electrons. The molecule has 0 bridgehead atoms. The Hall–Kier alpha value is -1.26. The van der Waals surface area contributed by atoms with Gasteiger partial charge in [-0.15, -0.1) is 0 Å². The highest BCUT2D eigenvalue weighted by atomic mass is 16.5. The van der Waals surface area contributed by atoms with Crippen molar-refractivity contribution >= 4 is 0 Å². The predicted molar refractivity (Wildman–Crippen MR) is 58.1 cm³/mol. The fraction of sp³-hybridized carbons (Fsp3) is 0.455. The van der Waals surface area contributed by atoms with E-state index in [2.05, 4.69) is 0 Å². The van der Waals surface area contributed by atoms with Gasteiger partial charge in [0.25, 0.3) is 0 Å². The van der Waals surface area contributed by atoms with E-state index in [0.29, 0.717) is 16.9 Å². The average molecular weight is 211 g/mol. The lowest BCUT2D eigenvalue weighted by molar-refractivity contribution is 0.181. The van der Waals surface area contributed by atoms with Crippen LogP contribution in [-0.2, 0) is 0 Å². The van der Waals surface area contributed by atoms with E-state index in [0.717, 1.165) is 5.56 Å². The number of aromatic hydroxyl groups is 1. The number of hydrogen-bond acceptors (Lipinski definition) is 4. The van der Waals surface area contributed by atoms with Crippen LogP contribution in [0.2, 0.25) is 0 Å². The summed E-state index contributed by atoms with van der Waals surface area (Å²) in [5, 5.41) is 19.5. The van der Waals surface area contributed by atoms with Crippen LogP contribution in [0, 0.1) is 13.8 Å². The molecule has 0 aliphatic heterocycles. The first-order valence-corrected chi connectivity index (χ1v) is 4.78. The van der Waals surface area contributed by atoms with Crippen molar-refractivity contribution in [3.8, 4) is 11.5 Å². The topological polar surface area (TPSA) is 75.7 Å². The minimum Gasteiger partial charge on any atom is -0.507 e. The SMILES string of the molecule is COc1cc(C)c(C(O)CN)c(O)c1C. The molecule has 1 aromatic rings. The lowest BCUT2D eigenvalue weighted by atomic mass is 9.98. The molecule has 4 nitrogen and oxygen atoms in total. The lowest BCUT2D eigenvalue weighted by Gasteiger charge is -2.17. The summed E-state index contributed by atoms with van der Waals surface area (Å²) in [6, 6.07) is 1.78. The highest BCUT2D eigenvalue weighted by Crippen LogP contribution is 2.36. The molecule has 1 atom stereocenters. The Balaban J connectivity index is 3.35. The van der Waals surface area contributed by atoms with Crippen LogP contribution in [0.1, 0.15) is 22.8 Å².